The molecule has 1 aromatic rings. The summed E-state index contributed by atoms with van der Waals surface area (Å²) in [5, 5.41) is 7.00. The Morgan fingerprint density at radius 3 is 2.62 bits per heavy atom. The molecule has 2 unspecified atom stereocenters. The van der Waals surface area contributed by atoms with Crippen molar-refractivity contribution in [2.75, 3.05) is 33.3 Å². The van der Waals surface area contributed by atoms with E-state index in [1.807, 2.05) is 31.2 Å². The number of nitrogens with one attached hydrogen (secondary N) is 2. The summed E-state index contributed by atoms with van der Waals surface area (Å²) in [6.45, 7) is 7.92. The van der Waals surface area contributed by atoms with Crippen LogP contribution in [0, 0.1) is 0 Å². The highest BCUT2D eigenvalue weighted by Crippen LogP contribution is 2.27. The van der Waals surface area contributed by atoms with Gasteiger partial charge in [-0.15, -0.1) is 24.0 Å². The third kappa shape index (κ3) is 7.20. The van der Waals surface area contributed by atoms with Crippen LogP contribution in [0.5, 0.6) is 11.5 Å². The number of likely N-dealkylation sites (tertiary alicyclic amines) is 1. The molecule has 2 N–H and O–H groups in total. The third-order valence-corrected chi connectivity index (χ3v) is 5.65. The maximum Gasteiger partial charge on any atom is 0.191 e. The molecule has 0 aromatic heterocycles. The Balaban J connectivity index is 0.00000300. The van der Waals surface area contributed by atoms with Gasteiger partial charge in [-0.25, -0.2) is 4.99 Å². The van der Waals surface area contributed by atoms with E-state index in [1.54, 1.807) is 7.11 Å². The second kappa shape index (κ2) is 12.5. The molecule has 1 aliphatic heterocycles. The molecule has 29 heavy (non-hydrogen) atoms. The van der Waals surface area contributed by atoms with Crippen LogP contribution in [0.25, 0.3) is 0 Å². The first kappa shape index (κ1) is 24.1. The number of hydrogen-bond donors (Lipinski definition) is 2. The Bertz CT molecular complexity index is 637. The lowest BCUT2D eigenvalue weighted by atomic mass is 10.2. The molecule has 1 saturated heterocycles. The molecule has 1 heterocycles. The second-order valence-electron chi connectivity index (χ2n) is 7.86. The van der Waals surface area contributed by atoms with E-state index in [4.69, 9.17) is 14.5 Å². The zero-order chi connectivity index (χ0) is 19.8. The van der Waals surface area contributed by atoms with E-state index in [1.165, 1.54) is 38.6 Å². The molecule has 3 rings (SSSR count). The molecule has 7 heteroatoms. The molecular weight excluding hydrogens is 479 g/mol. The van der Waals surface area contributed by atoms with Crippen molar-refractivity contribution in [3.8, 4) is 11.5 Å². The van der Waals surface area contributed by atoms with Gasteiger partial charge in [-0.05, 0) is 45.2 Å². The Morgan fingerprint density at radius 2 is 1.93 bits per heavy atom. The first-order valence-electron chi connectivity index (χ1n) is 10.8. The molecule has 1 aliphatic carbocycles. The van der Waals surface area contributed by atoms with Crippen LogP contribution in [0.1, 0.15) is 46.0 Å². The van der Waals surface area contributed by atoms with Crippen molar-refractivity contribution in [2.24, 2.45) is 4.99 Å². The zero-order valence-corrected chi connectivity index (χ0v) is 20.4. The summed E-state index contributed by atoms with van der Waals surface area (Å²) in [6.07, 6.45) is 6.69. The van der Waals surface area contributed by atoms with Crippen molar-refractivity contribution < 1.29 is 9.47 Å². The van der Waals surface area contributed by atoms with Crippen LogP contribution in [0.15, 0.2) is 29.3 Å². The van der Waals surface area contributed by atoms with Crippen molar-refractivity contribution in [3.05, 3.63) is 24.3 Å². The normalized spacial score (nSPS) is 21.5. The zero-order valence-electron chi connectivity index (χ0n) is 18.0. The number of nitrogens with zero attached hydrogens (tertiary/aromatic N) is 2. The Labute approximate surface area is 192 Å². The summed E-state index contributed by atoms with van der Waals surface area (Å²) in [5.74, 6) is 2.39. The fourth-order valence-corrected chi connectivity index (χ4v) is 4.21. The largest absolute Gasteiger partial charge is 0.493 e. The average Bonchev–Trinajstić information content (AvgIpc) is 3.38. The van der Waals surface area contributed by atoms with Gasteiger partial charge in [0.15, 0.2) is 17.5 Å². The minimum Gasteiger partial charge on any atom is -0.493 e. The van der Waals surface area contributed by atoms with Gasteiger partial charge in [0, 0.05) is 31.7 Å². The van der Waals surface area contributed by atoms with Crippen LogP contribution < -0.4 is 20.1 Å². The molecular formula is C22H37IN4O2. The lowest BCUT2D eigenvalue weighted by Gasteiger charge is -2.24. The number of rotatable bonds is 8. The first-order chi connectivity index (χ1) is 13.7. The predicted octanol–water partition coefficient (Wildman–Crippen LogP) is 3.65. The van der Waals surface area contributed by atoms with Gasteiger partial charge in [0.25, 0.3) is 0 Å². The van der Waals surface area contributed by atoms with Crippen molar-refractivity contribution in [1.82, 2.24) is 15.5 Å². The lowest BCUT2D eigenvalue weighted by molar-refractivity contribution is 0.219. The summed E-state index contributed by atoms with van der Waals surface area (Å²) >= 11 is 0. The van der Waals surface area contributed by atoms with E-state index in [2.05, 4.69) is 22.5 Å². The van der Waals surface area contributed by atoms with E-state index < -0.39 is 0 Å². The van der Waals surface area contributed by atoms with Gasteiger partial charge in [-0.3, -0.25) is 4.90 Å². The number of hydrogen-bond acceptors (Lipinski definition) is 4. The molecule has 0 spiro atoms. The van der Waals surface area contributed by atoms with Crippen molar-refractivity contribution in [1.29, 1.82) is 0 Å². The summed E-state index contributed by atoms with van der Waals surface area (Å²) in [6, 6.07) is 9.02. The van der Waals surface area contributed by atoms with Gasteiger partial charge in [-0.1, -0.05) is 25.0 Å². The Kier molecular flexibility index (Phi) is 10.3. The standard InChI is InChI=1S/C22H36N4O2.HI/c1-4-23-22(25-18-13-14-26(16-18)19-9-5-6-10-19)24-15-17(2)28-21-12-8-7-11-20(21)27-3;/h7-8,11-12,17-19H,4-6,9-10,13-16H2,1-3H3,(H2,23,24,25);1H. The maximum atomic E-state index is 6.02. The van der Waals surface area contributed by atoms with Crippen LogP contribution in [0.3, 0.4) is 0 Å². The van der Waals surface area contributed by atoms with Gasteiger partial charge in [0.1, 0.15) is 6.10 Å². The number of ether oxygens (including phenoxy) is 2. The quantitative estimate of drug-likeness (QED) is 0.314. The molecule has 0 amide bonds. The number of benzene rings is 1. The van der Waals surface area contributed by atoms with Crippen LogP contribution in [0.4, 0.5) is 0 Å². The van der Waals surface area contributed by atoms with Crippen molar-refractivity contribution in [3.63, 3.8) is 0 Å². The second-order valence-corrected chi connectivity index (χ2v) is 7.86. The molecule has 164 valence electrons. The number of aliphatic imine (C=N–C) groups is 1. The van der Waals surface area contributed by atoms with Crippen LogP contribution >= 0.6 is 24.0 Å². The molecule has 2 aliphatic rings. The number of methoxy groups -OCH3 is 1. The van der Waals surface area contributed by atoms with E-state index in [9.17, 15) is 0 Å². The summed E-state index contributed by atoms with van der Waals surface area (Å²) < 4.78 is 11.4. The lowest BCUT2D eigenvalue weighted by Crippen LogP contribution is -2.45. The van der Waals surface area contributed by atoms with Crippen LogP contribution in [-0.4, -0.2) is 62.3 Å². The molecule has 0 bridgehead atoms. The van der Waals surface area contributed by atoms with Crippen LogP contribution in [-0.2, 0) is 0 Å². The molecule has 1 saturated carbocycles. The molecule has 2 atom stereocenters. The minimum atomic E-state index is -0.0367. The summed E-state index contributed by atoms with van der Waals surface area (Å²) in [7, 11) is 1.66. The molecule has 6 nitrogen and oxygen atoms in total. The van der Waals surface area contributed by atoms with Crippen molar-refractivity contribution >= 4 is 29.9 Å². The summed E-state index contributed by atoms with van der Waals surface area (Å²) in [4.78, 5) is 7.43. The minimum absolute atomic E-state index is 0. The fourth-order valence-electron chi connectivity index (χ4n) is 4.21. The van der Waals surface area contributed by atoms with E-state index in [-0.39, 0.29) is 30.1 Å². The topological polar surface area (TPSA) is 58.1 Å². The van der Waals surface area contributed by atoms with Gasteiger partial charge in [0.05, 0.1) is 13.7 Å². The number of para-hydroxylation sites is 2. The highest BCUT2D eigenvalue weighted by Gasteiger charge is 2.30. The van der Waals surface area contributed by atoms with Crippen molar-refractivity contribution in [2.45, 2.75) is 64.1 Å². The van der Waals surface area contributed by atoms with Gasteiger partial charge >= 0.3 is 0 Å². The number of guanidine groups is 1. The maximum absolute atomic E-state index is 6.02. The highest BCUT2D eigenvalue weighted by molar-refractivity contribution is 14.0. The van der Waals surface area contributed by atoms with E-state index in [0.717, 1.165) is 36.6 Å². The Hall–Kier alpha value is -1.22. The molecule has 2 fully saturated rings. The van der Waals surface area contributed by atoms with E-state index >= 15 is 0 Å². The monoisotopic (exact) mass is 516 g/mol. The average molecular weight is 516 g/mol. The van der Waals surface area contributed by atoms with Crippen LogP contribution in [0.2, 0.25) is 0 Å². The van der Waals surface area contributed by atoms with Gasteiger partial charge in [0.2, 0.25) is 0 Å². The third-order valence-electron chi connectivity index (χ3n) is 5.65. The van der Waals surface area contributed by atoms with Gasteiger partial charge in [-0.2, -0.15) is 0 Å². The van der Waals surface area contributed by atoms with E-state index in [0.29, 0.717) is 12.6 Å². The SMILES string of the molecule is CCNC(=NCC(C)Oc1ccccc1OC)NC1CCN(C2CCCC2)C1.I. The smallest absolute Gasteiger partial charge is 0.191 e. The molecule has 1 aromatic carbocycles. The number of halogens is 1. The fraction of sp³-hybridized carbons (Fsp3) is 0.682. The molecule has 0 radical (unpaired) electrons. The Morgan fingerprint density at radius 1 is 1.21 bits per heavy atom. The predicted molar refractivity (Wildman–Crippen MR) is 130 cm³/mol. The first-order valence-corrected chi connectivity index (χ1v) is 10.8. The highest BCUT2D eigenvalue weighted by atomic mass is 127. The summed E-state index contributed by atoms with van der Waals surface area (Å²) in [5.41, 5.74) is 0. The van der Waals surface area contributed by atoms with Gasteiger partial charge < -0.3 is 20.1 Å².